The fourth-order valence-corrected chi connectivity index (χ4v) is 4.01. The van der Waals surface area contributed by atoms with E-state index in [2.05, 4.69) is 29.2 Å². The molecule has 0 unspecified atom stereocenters. The summed E-state index contributed by atoms with van der Waals surface area (Å²) in [6.45, 7) is 5.32. The number of nitrogens with zero attached hydrogens (tertiary/aromatic N) is 2. The molecule has 0 atom stereocenters. The van der Waals surface area contributed by atoms with Crippen LogP contribution in [-0.2, 0) is 19.1 Å². The lowest BCUT2D eigenvalue weighted by Crippen LogP contribution is -2.36. The van der Waals surface area contributed by atoms with Crippen LogP contribution < -0.4 is 9.80 Å². The van der Waals surface area contributed by atoms with Gasteiger partial charge in [-0.2, -0.15) is 0 Å². The van der Waals surface area contributed by atoms with E-state index in [-0.39, 0.29) is 11.9 Å². The summed E-state index contributed by atoms with van der Waals surface area (Å²) in [5.74, 6) is -0.398. The van der Waals surface area contributed by atoms with E-state index >= 15 is 0 Å². The molecule has 6 nitrogen and oxygen atoms in total. The third kappa shape index (κ3) is 4.09. The van der Waals surface area contributed by atoms with Crippen LogP contribution in [0.2, 0.25) is 0 Å². The Morgan fingerprint density at radius 1 is 0.967 bits per heavy atom. The molecule has 2 heterocycles. The first-order chi connectivity index (χ1) is 14.6. The number of fused-ring (bicyclic) bond motifs is 1. The number of methoxy groups -OCH3 is 1. The van der Waals surface area contributed by atoms with Gasteiger partial charge in [0.05, 0.1) is 26.0 Å². The molecule has 2 aromatic rings. The van der Waals surface area contributed by atoms with Gasteiger partial charge in [0.2, 0.25) is 5.91 Å². The van der Waals surface area contributed by atoms with Crippen molar-refractivity contribution in [2.24, 2.45) is 0 Å². The minimum Gasteiger partial charge on any atom is -0.466 e. The summed E-state index contributed by atoms with van der Waals surface area (Å²) in [7, 11) is 1.38. The predicted molar refractivity (Wildman–Crippen MR) is 118 cm³/mol. The van der Waals surface area contributed by atoms with E-state index in [9.17, 15) is 9.59 Å². The summed E-state index contributed by atoms with van der Waals surface area (Å²) >= 11 is 0. The number of morpholine rings is 1. The monoisotopic (exact) mass is 406 g/mol. The molecule has 1 amide bonds. The van der Waals surface area contributed by atoms with Crippen molar-refractivity contribution in [2.45, 2.75) is 13.3 Å². The maximum absolute atomic E-state index is 12.2. The van der Waals surface area contributed by atoms with Gasteiger partial charge in [-0.15, -0.1) is 0 Å². The standard InChI is InChI=1S/C24H26N2O4/c1-17(27)26-10-9-20(24(28)29-2)16-21-15-19(5-8-23(21)26)18-3-6-22(7-4-18)25-11-13-30-14-12-25/h3-8,15-16H,9-14H2,1-2H3. The molecule has 0 saturated carbocycles. The number of benzene rings is 2. The van der Waals surface area contributed by atoms with Gasteiger partial charge in [0.15, 0.2) is 0 Å². The predicted octanol–water partition coefficient (Wildman–Crippen LogP) is 3.50. The molecule has 156 valence electrons. The Kier molecular flexibility index (Phi) is 5.86. The van der Waals surface area contributed by atoms with Crippen LogP contribution in [0.1, 0.15) is 18.9 Å². The largest absolute Gasteiger partial charge is 0.466 e. The summed E-state index contributed by atoms with van der Waals surface area (Å²) in [6, 6.07) is 14.5. The summed E-state index contributed by atoms with van der Waals surface area (Å²) in [6.07, 6.45) is 2.31. The van der Waals surface area contributed by atoms with Crippen molar-refractivity contribution < 1.29 is 19.1 Å². The Bertz CT molecular complexity index is 975. The molecule has 0 spiro atoms. The van der Waals surface area contributed by atoms with Gasteiger partial charge in [-0.25, -0.2) is 4.79 Å². The van der Waals surface area contributed by atoms with E-state index in [1.165, 1.54) is 12.8 Å². The average molecular weight is 406 g/mol. The zero-order valence-corrected chi connectivity index (χ0v) is 17.4. The number of ether oxygens (including phenoxy) is 2. The Labute approximate surface area is 176 Å². The molecule has 1 saturated heterocycles. The molecule has 2 aliphatic heterocycles. The topological polar surface area (TPSA) is 59.1 Å². The molecule has 0 aliphatic carbocycles. The van der Waals surface area contributed by atoms with Crippen LogP contribution >= 0.6 is 0 Å². The lowest BCUT2D eigenvalue weighted by molar-refractivity contribution is -0.136. The summed E-state index contributed by atoms with van der Waals surface area (Å²) < 4.78 is 10.3. The Balaban J connectivity index is 1.68. The highest BCUT2D eigenvalue weighted by molar-refractivity contribution is 6.00. The molecular weight excluding hydrogens is 380 g/mol. The number of amides is 1. The molecule has 0 radical (unpaired) electrons. The Morgan fingerprint density at radius 2 is 1.67 bits per heavy atom. The van der Waals surface area contributed by atoms with Crippen molar-refractivity contribution in [3.05, 3.63) is 53.6 Å². The second-order valence-electron chi connectivity index (χ2n) is 7.50. The molecule has 6 heteroatoms. The number of hydrogen-bond acceptors (Lipinski definition) is 5. The normalized spacial score (nSPS) is 16.4. The van der Waals surface area contributed by atoms with E-state index in [4.69, 9.17) is 9.47 Å². The molecule has 4 rings (SSSR count). The minimum absolute atomic E-state index is 0.0432. The number of anilines is 2. The third-order valence-corrected chi connectivity index (χ3v) is 5.66. The van der Waals surface area contributed by atoms with Crippen LogP contribution in [-0.4, -0.2) is 51.8 Å². The number of esters is 1. The van der Waals surface area contributed by atoms with Crippen molar-refractivity contribution >= 4 is 29.3 Å². The van der Waals surface area contributed by atoms with Crippen molar-refractivity contribution in [1.82, 2.24) is 0 Å². The highest BCUT2D eigenvalue weighted by atomic mass is 16.5. The first kappa shape index (κ1) is 20.2. The summed E-state index contributed by atoms with van der Waals surface area (Å²) in [4.78, 5) is 28.4. The fourth-order valence-electron chi connectivity index (χ4n) is 4.01. The summed E-state index contributed by atoms with van der Waals surface area (Å²) in [5.41, 5.74) is 5.54. The van der Waals surface area contributed by atoms with Crippen molar-refractivity contribution in [2.75, 3.05) is 49.8 Å². The Morgan fingerprint density at radius 3 is 2.33 bits per heavy atom. The van der Waals surface area contributed by atoms with E-state index in [1.54, 1.807) is 11.8 Å². The van der Waals surface area contributed by atoms with Crippen LogP contribution in [0, 0.1) is 0 Å². The minimum atomic E-state index is -0.355. The van der Waals surface area contributed by atoms with Gasteiger partial charge in [0.1, 0.15) is 0 Å². The van der Waals surface area contributed by atoms with Crippen LogP contribution in [0.15, 0.2) is 48.0 Å². The molecule has 1 fully saturated rings. The van der Waals surface area contributed by atoms with Crippen LogP contribution in [0.5, 0.6) is 0 Å². The van der Waals surface area contributed by atoms with Crippen LogP contribution in [0.3, 0.4) is 0 Å². The highest BCUT2D eigenvalue weighted by Crippen LogP contribution is 2.33. The van der Waals surface area contributed by atoms with E-state index in [0.717, 1.165) is 48.7 Å². The number of hydrogen-bond donors (Lipinski definition) is 0. The van der Waals surface area contributed by atoms with Crippen molar-refractivity contribution in [1.29, 1.82) is 0 Å². The molecule has 0 bridgehead atoms. The quantitative estimate of drug-likeness (QED) is 0.730. The van der Waals surface area contributed by atoms with Gasteiger partial charge in [-0.1, -0.05) is 18.2 Å². The molecule has 2 aromatic carbocycles. The Hall–Kier alpha value is -3.12. The van der Waals surface area contributed by atoms with Gasteiger partial charge >= 0.3 is 5.97 Å². The molecular formula is C24H26N2O4. The van der Waals surface area contributed by atoms with Gasteiger partial charge < -0.3 is 19.3 Å². The number of carbonyl (C=O) groups is 2. The number of carbonyl (C=O) groups excluding carboxylic acids is 2. The van der Waals surface area contributed by atoms with Gasteiger partial charge in [-0.05, 0) is 53.5 Å². The maximum atomic E-state index is 12.2. The van der Waals surface area contributed by atoms with E-state index in [1.807, 2.05) is 24.3 Å². The van der Waals surface area contributed by atoms with Crippen LogP contribution in [0.4, 0.5) is 11.4 Å². The highest BCUT2D eigenvalue weighted by Gasteiger charge is 2.22. The second kappa shape index (κ2) is 8.71. The average Bonchev–Trinajstić information content (AvgIpc) is 2.98. The lowest BCUT2D eigenvalue weighted by atomic mass is 10.00. The van der Waals surface area contributed by atoms with Crippen molar-refractivity contribution in [3.63, 3.8) is 0 Å². The first-order valence-electron chi connectivity index (χ1n) is 10.2. The van der Waals surface area contributed by atoms with Gasteiger partial charge in [0, 0.05) is 37.8 Å². The molecule has 2 aliphatic rings. The third-order valence-electron chi connectivity index (χ3n) is 5.66. The second-order valence-corrected chi connectivity index (χ2v) is 7.50. The smallest absolute Gasteiger partial charge is 0.333 e. The fraction of sp³-hybridized carbons (Fsp3) is 0.333. The molecule has 0 N–H and O–H groups in total. The summed E-state index contributed by atoms with van der Waals surface area (Å²) in [5, 5.41) is 0. The van der Waals surface area contributed by atoms with E-state index in [0.29, 0.717) is 18.5 Å². The van der Waals surface area contributed by atoms with Gasteiger partial charge in [0.25, 0.3) is 0 Å². The maximum Gasteiger partial charge on any atom is 0.333 e. The first-order valence-corrected chi connectivity index (χ1v) is 10.2. The number of rotatable bonds is 3. The van der Waals surface area contributed by atoms with Gasteiger partial charge in [-0.3, -0.25) is 4.79 Å². The molecule has 30 heavy (non-hydrogen) atoms. The zero-order chi connectivity index (χ0) is 21.1. The van der Waals surface area contributed by atoms with Crippen molar-refractivity contribution in [3.8, 4) is 11.1 Å². The lowest BCUT2D eigenvalue weighted by Gasteiger charge is -2.29. The zero-order valence-electron chi connectivity index (χ0n) is 17.4. The van der Waals surface area contributed by atoms with E-state index < -0.39 is 0 Å². The molecule has 0 aromatic heterocycles. The SMILES string of the molecule is COC(=O)C1=Cc2cc(-c3ccc(N4CCOCC4)cc3)ccc2N(C(C)=O)CC1. The van der Waals surface area contributed by atoms with Crippen LogP contribution in [0.25, 0.3) is 17.2 Å².